The summed E-state index contributed by atoms with van der Waals surface area (Å²) >= 11 is 4.23. The number of hydrogen-bond donors (Lipinski definition) is 1. The van der Waals surface area contributed by atoms with E-state index in [1.807, 2.05) is 6.07 Å². The Bertz CT molecular complexity index is 619. The first-order chi connectivity index (χ1) is 8.60. The van der Waals surface area contributed by atoms with E-state index < -0.39 is 11.6 Å². The Hall–Kier alpha value is -1.45. The maximum absolute atomic E-state index is 13.5. The van der Waals surface area contributed by atoms with Crippen LogP contribution in [-0.4, -0.2) is 0 Å². The van der Waals surface area contributed by atoms with Crippen molar-refractivity contribution in [2.45, 2.75) is 6.54 Å². The Morgan fingerprint density at radius 2 is 2.06 bits per heavy atom. The molecule has 0 atom stereocenters. The fourth-order valence-electron chi connectivity index (χ4n) is 1.37. The maximum atomic E-state index is 13.5. The van der Waals surface area contributed by atoms with Crippen molar-refractivity contribution in [1.82, 2.24) is 0 Å². The average Bonchev–Trinajstić information content (AvgIpc) is 2.80. The van der Waals surface area contributed by atoms with Crippen molar-refractivity contribution >= 4 is 33.0 Å². The molecule has 6 heteroatoms. The minimum atomic E-state index is -0.527. The lowest BCUT2D eigenvalue weighted by atomic mass is 10.3. The largest absolute Gasteiger partial charge is 0.378 e. The molecule has 0 fully saturated rings. The number of hydrogen-bond acceptors (Lipinski definition) is 3. The summed E-state index contributed by atoms with van der Waals surface area (Å²) in [6, 6.07) is 7.67. The third-order valence-electron chi connectivity index (χ3n) is 2.23. The van der Waals surface area contributed by atoms with Crippen LogP contribution in [0, 0.1) is 23.0 Å². The molecule has 0 saturated heterocycles. The van der Waals surface area contributed by atoms with E-state index >= 15 is 0 Å². The second-order valence-electron chi connectivity index (χ2n) is 3.48. The molecule has 0 aliphatic heterocycles. The van der Waals surface area contributed by atoms with Crippen molar-refractivity contribution in [2.75, 3.05) is 5.32 Å². The zero-order valence-corrected chi connectivity index (χ0v) is 11.4. The molecule has 1 aromatic heterocycles. The SMILES string of the molecule is N#Cc1ccc(CNc2cc(F)c(Br)cc2F)s1. The highest BCUT2D eigenvalue weighted by Gasteiger charge is 2.08. The number of rotatable bonds is 3. The zero-order valence-electron chi connectivity index (χ0n) is 9.01. The van der Waals surface area contributed by atoms with Gasteiger partial charge in [0.15, 0.2) is 0 Å². The highest BCUT2D eigenvalue weighted by atomic mass is 79.9. The molecular formula is C12H7BrF2N2S. The van der Waals surface area contributed by atoms with Crippen LogP contribution in [0.5, 0.6) is 0 Å². The van der Waals surface area contributed by atoms with E-state index in [9.17, 15) is 8.78 Å². The van der Waals surface area contributed by atoms with Gasteiger partial charge in [-0.15, -0.1) is 11.3 Å². The lowest BCUT2D eigenvalue weighted by Crippen LogP contribution is -2.00. The Labute approximate surface area is 115 Å². The van der Waals surface area contributed by atoms with Crippen molar-refractivity contribution in [3.8, 4) is 6.07 Å². The molecule has 1 heterocycles. The molecule has 0 saturated carbocycles. The molecule has 0 spiro atoms. The number of thiophene rings is 1. The molecule has 2 aromatic rings. The van der Waals surface area contributed by atoms with E-state index in [1.54, 1.807) is 12.1 Å². The van der Waals surface area contributed by atoms with E-state index in [1.165, 1.54) is 11.3 Å². The van der Waals surface area contributed by atoms with E-state index in [0.717, 1.165) is 17.0 Å². The van der Waals surface area contributed by atoms with Gasteiger partial charge in [-0.2, -0.15) is 5.26 Å². The van der Waals surface area contributed by atoms with Gasteiger partial charge in [0.25, 0.3) is 0 Å². The first kappa shape index (κ1) is 13.0. The standard InChI is InChI=1S/C12H7BrF2N2S/c13-9-3-11(15)12(4-10(9)14)17-6-8-2-1-7(5-16)18-8/h1-4,17H,6H2. The second kappa shape index (κ2) is 5.46. The molecule has 92 valence electrons. The number of benzene rings is 1. The molecule has 18 heavy (non-hydrogen) atoms. The molecule has 0 aliphatic rings. The number of anilines is 1. The highest BCUT2D eigenvalue weighted by molar-refractivity contribution is 9.10. The zero-order chi connectivity index (χ0) is 13.1. The predicted molar refractivity (Wildman–Crippen MR) is 70.4 cm³/mol. The summed E-state index contributed by atoms with van der Waals surface area (Å²) in [6.07, 6.45) is 0. The molecule has 0 aliphatic carbocycles. The van der Waals surface area contributed by atoms with Gasteiger partial charge in [0, 0.05) is 17.5 Å². The van der Waals surface area contributed by atoms with E-state index in [0.29, 0.717) is 11.4 Å². The lowest BCUT2D eigenvalue weighted by molar-refractivity contribution is 0.596. The fraction of sp³-hybridized carbons (Fsp3) is 0.0833. The minimum Gasteiger partial charge on any atom is -0.378 e. The molecular weight excluding hydrogens is 322 g/mol. The van der Waals surface area contributed by atoms with E-state index in [2.05, 4.69) is 21.2 Å². The Kier molecular flexibility index (Phi) is 3.94. The van der Waals surface area contributed by atoms with Crippen LogP contribution in [0.1, 0.15) is 9.75 Å². The summed E-state index contributed by atoms with van der Waals surface area (Å²) < 4.78 is 26.8. The lowest BCUT2D eigenvalue weighted by Gasteiger charge is -2.07. The molecule has 2 rings (SSSR count). The van der Waals surface area contributed by atoms with Crippen LogP contribution in [-0.2, 0) is 6.54 Å². The summed E-state index contributed by atoms with van der Waals surface area (Å²) in [7, 11) is 0. The molecule has 0 bridgehead atoms. The normalized spacial score (nSPS) is 10.1. The molecule has 0 amide bonds. The first-order valence-electron chi connectivity index (χ1n) is 4.97. The maximum Gasteiger partial charge on any atom is 0.147 e. The van der Waals surface area contributed by atoms with Crippen LogP contribution in [0.4, 0.5) is 14.5 Å². The monoisotopic (exact) mass is 328 g/mol. The van der Waals surface area contributed by atoms with Crippen LogP contribution >= 0.6 is 27.3 Å². The smallest absolute Gasteiger partial charge is 0.147 e. The molecule has 1 aromatic carbocycles. The first-order valence-corrected chi connectivity index (χ1v) is 6.58. The van der Waals surface area contributed by atoms with Crippen molar-refractivity contribution in [1.29, 1.82) is 5.26 Å². The number of nitriles is 1. The van der Waals surface area contributed by atoms with Gasteiger partial charge in [-0.05, 0) is 34.1 Å². The van der Waals surface area contributed by atoms with E-state index in [4.69, 9.17) is 5.26 Å². The number of nitrogens with one attached hydrogen (secondary N) is 1. The van der Waals surface area contributed by atoms with E-state index in [-0.39, 0.29) is 10.2 Å². The van der Waals surface area contributed by atoms with Crippen molar-refractivity contribution in [2.24, 2.45) is 0 Å². The summed E-state index contributed by atoms with van der Waals surface area (Å²) in [5.41, 5.74) is 0.0996. The fourth-order valence-corrected chi connectivity index (χ4v) is 2.43. The van der Waals surface area contributed by atoms with Gasteiger partial charge < -0.3 is 5.32 Å². The predicted octanol–water partition coefficient (Wildman–Crippen LogP) is 4.27. The van der Waals surface area contributed by atoms with Gasteiger partial charge in [-0.1, -0.05) is 0 Å². The van der Waals surface area contributed by atoms with Gasteiger partial charge >= 0.3 is 0 Å². The highest BCUT2D eigenvalue weighted by Crippen LogP contribution is 2.24. The average molecular weight is 329 g/mol. The molecule has 1 N–H and O–H groups in total. The van der Waals surface area contributed by atoms with Gasteiger partial charge in [-0.25, -0.2) is 8.78 Å². The summed E-state index contributed by atoms with van der Waals surface area (Å²) in [4.78, 5) is 1.48. The van der Waals surface area contributed by atoms with Gasteiger partial charge in [0.05, 0.1) is 10.2 Å². The van der Waals surface area contributed by atoms with Crippen LogP contribution < -0.4 is 5.32 Å². The quantitative estimate of drug-likeness (QED) is 0.854. The van der Waals surface area contributed by atoms with Crippen molar-refractivity contribution in [3.05, 3.63) is 50.1 Å². The molecule has 0 unspecified atom stereocenters. The summed E-state index contributed by atoms with van der Waals surface area (Å²) in [6.45, 7) is 0.352. The third kappa shape index (κ3) is 2.86. The van der Waals surface area contributed by atoms with Gasteiger partial charge in [0.1, 0.15) is 22.6 Å². The van der Waals surface area contributed by atoms with Crippen molar-refractivity contribution < 1.29 is 8.78 Å². The Morgan fingerprint density at radius 1 is 1.28 bits per heavy atom. The minimum absolute atomic E-state index is 0.0911. The van der Waals surface area contributed by atoms with Crippen LogP contribution in [0.2, 0.25) is 0 Å². The van der Waals surface area contributed by atoms with Gasteiger partial charge in [-0.3, -0.25) is 0 Å². The van der Waals surface area contributed by atoms with Crippen molar-refractivity contribution in [3.63, 3.8) is 0 Å². The van der Waals surface area contributed by atoms with Gasteiger partial charge in [0.2, 0.25) is 0 Å². The Morgan fingerprint density at radius 3 is 2.72 bits per heavy atom. The topological polar surface area (TPSA) is 35.8 Å². The number of halogens is 3. The van der Waals surface area contributed by atoms with Crippen LogP contribution in [0.3, 0.4) is 0 Å². The molecule has 2 nitrogen and oxygen atoms in total. The second-order valence-corrected chi connectivity index (χ2v) is 5.50. The van der Waals surface area contributed by atoms with Crippen LogP contribution in [0.15, 0.2) is 28.7 Å². The summed E-state index contributed by atoms with van der Waals surface area (Å²) in [5.74, 6) is -1.05. The van der Waals surface area contributed by atoms with Crippen LogP contribution in [0.25, 0.3) is 0 Å². The Balaban J connectivity index is 2.11. The summed E-state index contributed by atoms with van der Waals surface area (Å²) in [5, 5.41) is 11.5. The third-order valence-corrected chi connectivity index (χ3v) is 3.83. The number of nitrogens with zero attached hydrogens (tertiary/aromatic N) is 1. The molecule has 0 radical (unpaired) electrons.